The van der Waals surface area contributed by atoms with Crippen LogP contribution >= 0.6 is 0 Å². The van der Waals surface area contributed by atoms with Crippen LogP contribution in [0.4, 0.5) is 0 Å². The summed E-state index contributed by atoms with van der Waals surface area (Å²) in [6.07, 6.45) is 4.15. The maximum atomic E-state index is 11.2. The molecule has 0 radical (unpaired) electrons. The van der Waals surface area contributed by atoms with E-state index in [1.54, 1.807) is 19.2 Å². The maximum Gasteiger partial charge on any atom is 0.335 e. The number of aromatic carboxylic acids is 1. The monoisotopic (exact) mass is 392 g/mol. The summed E-state index contributed by atoms with van der Waals surface area (Å²) in [6.45, 7) is 6.14. The van der Waals surface area contributed by atoms with Crippen molar-refractivity contribution in [2.75, 3.05) is 13.7 Å². The van der Waals surface area contributed by atoms with Crippen molar-refractivity contribution in [3.63, 3.8) is 0 Å². The quantitative estimate of drug-likeness (QED) is 0.652. The molecule has 0 amide bonds. The Kier molecular flexibility index (Phi) is 5.43. The van der Waals surface area contributed by atoms with Gasteiger partial charge < -0.3 is 14.8 Å². The minimum Gasteiger partial charge on any atom is -0.478 e. The van der Waals surface area contributed by atoms with Gasteiger partial charge >= 0.3 is 5.97 Å². The summed E-state index contributed by atoms with van der Waals surface area (Å²) in [5.74, 6) is -0.892. The van der Waals surface area contributed by atoms with Crippen molar-refractivity contribution in [3.8, 4) is 0 Å². The van der Waals surface area contributed by atoms with E-state index in [0.29, 0.717) is 5.56 Å². The van der Waals surface area contributed by atoms with Crippen LogP contribution in [0.25, 0.3) is 10.9 Å². The fraction of sp³-hybridized carbons (Fsp3) is 0.375. The summed E-state index contributed by atoms with van der Waals surface area (Å²) in [7, 11) is 1.78. The van der Waals surface area contributed by atoms with E-state index in [0.717, 1.165) is 31.5 Å². The molecule has 4 rings (SSSR count). The molecule has 152 valence electrons. The third-order valence-electron chi connectivity index (χ3n) is 6.28. The zero-order valence-corrected chi connectivity index (χ0v) is 17.2. The minimum atomic E-state index is -0.892. The van der Waals surface area contributed by atoms with Gasteiger partial charge in [-0.05, 0) is 67.1 Å². The average Bonchev–Trinajstić information content (AvgIpc) is 3.21. The van der Waals surface area contributed by atoms with E-state index in [1.165, 1.54) is 27.6 Å². The first-order valence-electron chi connectivity index (χ1n) is 10.1. The van der Waals surface area contributed by atoms with Gasteiger partial charge in [-0.15, -0.1) is 0 Å². The van der Waals surface area contributed by atoms with Gasteiger partial charge in [-0.25, -0.2) is 4.79 Å². The number of methoxy groups -OCH3 is 1. The third kappa shape index (κ3) is 3.80. The molecule has 2 heterocycles. The lowest BCUT2D eigenvalue weighted by atomic mass is 9.91. The maximum absolute atomic E-state index is 11.2. The second-order valence-corrected chi connectivity index (χ2v) is 8.05. The number of benzene rings is 2. The van der Waals surface area contributed by atoms with Gasteiger partial charge in [0, 0.05) is 43.3 Å². The van der Waals surface area contributed by atoms with Crippen LogP contribution < -0.4 is 0 Å². The van der Waals surface area contributed by atoms with E-state index in [4.69, 9.17) is 4.74 Å². The van der Waals surface area contributed by atoms with Crippen molar-refractivity contribution in [1.82, 2.24) is 9.88 Å². The van der Waals surface area contributed by atoms with Gasteiger partial charge in [0.25, 0.3) is 0 Å². The number of carboxylic acid groups (broad SMARTS) is 1. The highest BCUT2D eigenvalue weighted by atomic mass is 16.5. The molecule has 2 N–H and O–H groups in total. The lowest BCUT2D eigenvalue weighted by molar-refractivity contribution is 0.00690. The first kappa shape index (κ1) is 19.7. The van der Waals surface area contributed by atoms with Crippen LogP contribution in [0.5, 0.6) is 0 Å². The molecule has 1 aromatic heterocycles. The predicted octanol–water partition coefficient (Wildman–Crippen LogP) is 4.84. The third-order valence-corrected chi connectivity index (χ3v) is 6.28. The molecule has 1 saturated heterocycles. The Labute approximate surface area is 171 Å². The Morgan fingerprint density at radius 2 is 1.97 bits per heavy atom. The number of nitrogens with one attached hydrogen (secondary N) is 1. The molecular weight excluding hydrogens is 364 g/mol. The van der Waals surface area contributed by atoms with E-state index in [2.05, 4.69) is 35.9 Å². The van der Waals surface area contributed by atoms with Gasteiger partial charge in [-0.2, -0.15) is 0 Å². The molecule has 0 spiro atoms. The van der Waals surface area contributed by atoms with Crippen LogP contribution in [0.1, 0.15) is 51.5 Å². The summed E-state index contributed by atoms with van der Waals surface area (Å²) in [6, 6.07) is 11.9. The zero-order chi connectivity index (χ0) is 20.5. The van der Waals surface area contributed by atoms with Crippen molar-refractivity contribution >= 4 is 16.9 Å². The fourth-order valence-corrected chi connectivity index (χ4v) is 4.64. The van der Waals surface area contributed by atoms with Crippen LogP contribution in [0.15, 0.2) is 42.6 Å². The topological polar surface area (TPSA) is 65.6 Å². The van der Waals surface area contributed by atoms with E-state index in [9.17, 15) is 9.90 Å². The predicted molar refractivity (Wildman–Crippen MR) is 114 cm³/mol. The molecule has 1 aliphatic heterocycles. The summed E-state index contributed by atoms with van der Waals surface area (Å²) in [5.41, 5.74) is 6.61. The molecule has 0 saturated carbocycles. The summed E-state index contributed by atoms with van der Waals surface area (Å²) < 4.78 is 5.67. The highest BCUT2D eigenvalue weighted by Gasteiger charge is 2.30. The lowest BCUT2D eigenvalue weighted by Gasteiger charge is -2.39. The molecule has 2 aromatic carbocycles. The molecular formula is C24H28N2O3. The number of hydrogen-bond donors (Lipinski definition) is 2. The van der Waals surface area contributed by atoms with E-state index in [1.807, 2.05) is 18.3 Å². The van der Waals surface area contributed by atoms with Crippen LogP contribution in [0.2, 0.25) is 0 Å². The van der Waals surface area contributed by atoms with Gasteiger partial charge in [0.1, 0.15) is 0 Å². The fourth-order valence-electron chi connectivity index (χ4n) is 4.64. The van der Waals surface area contributed by atoms with Gasteiger partial charge in [0.2, 0.25) is 0 Å². The van der Waals surface area contributed by atoms with E-state index in [-0.39, 0.29) is 12.1 Å². The number of aromatic nitrogens is 1. The smallest absolute Gasteiger partial charge is 0.335 e. The van der Waals surface area contributed by atoms with Crippen molar-refractivity contribution in [2.24, 2.45) is 0 Å². The number of carboxylic acids is 1. The highest BCUT2D eigenvalue weighted by molar-refractivity contribution is 5.88. The van der Waals surface area contributed by atoms with Gasteiger partial charge in [-0.3, -0.25) is 4.90 Å². The largest absolute Gasteiger partial charge is 0.478 e. The summed E-state index contributed by atoms with van der Waals surface area (Å²) in [4.78, 5) is 17.1. The van der Waals surface area contributed by atoms with Crippen molar-refractivity contribution < 1.29 is 14.6 Å². The Balaban J connectivity index is 1.68. The molecule has 3 aromatic rings. The Morgan fingerprint density at radius 1 is 1.21 bits per heavy atom. The van der Waals surface area contributed by atoms with Gasteiger partial charge in [0.15, 0.2) is 0 Å². The number of nitrogens with zero attached hydrogens (tertiary/aromatic N) is 1. The Bertz CT molecular complexity index is 1020. The van der Waals surface area contributed by atoms with Crippen LogP contribution in [-0.2, 0) is 11.3 Å². The van der Waals surface area contributed by atoms with Gasteiger partial charge in [-0.1, -0.05) is 18.2 Å². The SMILES string of the molecule is COC1CCN(Cc2c(C)cc(C)c3[nH]ccc23)[C@H](c2ccc(C(=O)O)cc2)C1. The number of rotatable bonds is 5. The number of aromatic amines is 1. The molecule has 1 aliphatic rings. The first-order chi connectivity index (χ1) is 14.0. The molecule has 0 aliphatic carbocycles. The molecule has 29 heavy (non-hydrogen) atoms. The van der Waals surface area contributed by atoms with Gasteiger partial charge in [0.05, 0.1) is 11.7 Å². The van der Waals surface area contributed by atoms with Crippen LogP contribution in [0.3, 0.4) is 0 Å². The van der Waals surface area contributed by atoms with Crippen LogP contribution in [-0.4, -0.2) is 40.7 Å². The number of likely N-dealkylation sites (tertiary alicyclic amines) is 1. The molecule has 5 heteroatoms. The lowest BCUT2D eigenvalue weighted by Crippen LogP contribution is -2.39. The van der Waals surface area contributed by atoms with Crippen molar-refractivity contribution in [3.05, 3.63) is 70.4 Å². The number of piperidine rings is 1. The number of ether oxygens (including phenoxy) is 1. The Hall–Kier alpha value is -2.63. The van der Waals surface area contributed by atoms with E-state index < -0.39 is 5.97 Å². The molecule has 1 fully saturated rings. The molecule has 5 nitrogen and oxygen atoms in total. The summed E-state index contributed by atoms with van der Waals surface area (Å²) >= 11 is 0. The number of carbonyl (C=O) groups is 1. The minimum absolute atomic E-state index is 0.200. The second kappa shape index (κ2) is 8.01. The van der Waals surface area contributed by atoms with E-state index >= 15 is 0 Å². The molecule has 1 unspecified atom stereocenters. The number of fused-ring (bicyclic) bond motifs is 1. The highest BCUT2D eigenvalue weighted by Crippen LogP contribution is 2.35. The normalized spacial score (nSPS) is 20.2. The summed E-state index contributed by atoms with van der Waals surface area (Å²) in [5, 5.41) is 10.5. The standard InChI is InChI=1S/C24H28N2O3/c1-15-12-16(2)23-20(8-10-25-23)21(15)14-26-11-9-19(29-3)13-22(26)17-4-6-18(7-5-17)24(27)28/h4-8,10,12,19,22,25H,9,11,13-14H2,1-3H3,(H,27,28)/t19?,22-/m0/s1. The first-order valence-corrected chi connectivity index (χ1v) is 10.1. The van der Waals surface area contributed by atoms with Crippen LogP contribution in [0, 0.1) is 13.8 Å². The molecule has 0 bridgehead atoms. The number of H-pyrrole nitrogens is 1. The second-order valence-electron chi connectivity index (χ2n) is 8.05. The average molecular weight is 392 g/mol. The number of aryl methyl sites for hydroxylation is 2. The molecule has 2 atom stereocenters. The van der Waals surface area contributed by atoms with Crippen molar-refractivity contribution in [2.45, 2.75) is 45.4 Å². The number of hydrogen-bond acceptors (Lipinski definition) is 3. The Morgan fingerprint density at radius 3 is 2.66 bits per heavy atom. The van der Waals surface area contributed by atoms with Crippen molar-refractivity contribution in [1.29, 1.82) is 0 Å². The zero-order valence-electron chi connectivity index (χ0n) is 17.2.